The minimum absolute atomic E-state index is 0.0731. The maximum absolute atomic E-state index is 14.1. The molecule has 8 heteroatoms. The van der Waals surface area contributed by atoms with Gasteiger partial charge < -0.3 is 14.6 Å². The fourth-order valence-corrected chi connectivity index (χ4v) is 7.93. The number of ketones is 2. The first kappa shape index (κ1) is 27.7. The Kier molecular flexibility index (Phi) is 6.48. The van der Waals surface area contributed by atoms with Gasteiger partial charge >= 0.3 is 0 Å². The molecule has 6 atom stereocenters. The quantitative estimate of drug-likeness (QED) is 0.399. The third-order valence-electron chi connectivity index (χ3n) is 9.85. The van der Waals surface area contributed by atoms with Crippen LogP contribution < -0.4 is 14.4 Å². The zero-order valence-electron chi connectivity index (χ0n) is 24.0. The van der Waals surface area contributed by atoms with Gasteiger partial charge in [-0.25, -0.2) is 0 Å². The van der Waals surface area contributed by atoms with Crippen molar-refractivity contribution >= 4 is 35.1 Å². The predicted molar refractivity (Wildman–Crippen MR) is 156 cm³/mol. The highest BCUT2D eigenvalue weighted by atomic mass is 16.5. The van der Waals surface area contributed by atoms with E-state index >= 15 is 0 Å². The summed E-state index contributed by atoms with van der Waals surface area (Å²) >= 11 is 0. The lowest BCUT2D eigenvalue weighted by molar-refractivity contribution is -0.141. The van der Waals surface area contributed by atoms with E-state index in [4.69, 9.17) is 9.47 Å². The Morgan fingerprint density at radius 1 is 1.00 bits per heavy atom. The number of phenols is 1. The Morgan fingerprint density at radius 3 is 2.24 bits per heavy atom. The molecular weight excluding hydrogens is 534 g/mol. The number of hydrogen-bond donors (Lipinski definition) is 1. The second kappa shape index (κ2) is 9.82. The Morgan fingerprint density at radius 2 is 1.64 bits per heavy atom. The number of rotatable bonds is 5. The van der Waals surface area contributed by atoms with Gasteiger partial charge in [0.2, 0.25) is 11.8 Å². The molecule has 6 rings (SSSR count). The van der Waals surface area contributed by atoms with Crippen molar-refractivity contribution in [2.24, 2.45) is 29.1 Å². The molecule has 8 nitrogen and oxygen atoms in total. The van der Waals surface area contributed by atoms with Crippen LogP contribution >= 0.6 is 0 Å². The number of carbonyl (C=O) groups excluding carboxylic acids is 4. The number of methoxy groups -OCH3 is 2. The lowest BCUT2D eigenvalue weighted by Crippen LogP contribution is -2.54. The summed E-state index contributed by atoms with van der Waals surface area (Å²) in [6.07, 6.45) is 5.65. The summed E-state index contributed by atoms with van der Waals surface area (Å²) in [4.78, 5) is 56.9. The number of imide groups is 1. The number of fused-ring (bicyclic) bond motifs is 4. The van der Waals surface area contributed by atoms with Gasteiger partial charge in [-0.1, -0.05) is 43.4 Å². The molecule has 1 N–H and O–H groups in total. The fourth-order valence-electron chi connectivity index (χ4n) is 7.93. The molecule has 1 heterocycles. The standard InChI is InChI=1S/C34H33NO7/c1-6-18-7-9-19(10-8-18)35-32(39)22-12-11-21-23(28(22)33(35)40)16-24-25(37)13-17(2)31(38)34(24,3)30(21)29-26(41-4)14-20(36)15-27(29)42-5/h6-11,13-15,22-24,28,30,36H,1,12,16H2,2-5H3/t22-,23+,24-,28-,30+,34+/m0/s1. The summed E-state index contributed by atoms with van der Waals surface area (Å²) in [7, 11) is 2.94. The summed E-state index contributed by atoms with van der Waals surface area (Å²) in [5.74, 6) is -3.51. The topological polar surface area (TPSA) is 110 Å². The Bertz CT molecular complexity index is 1590. The van der Waals surface area contributed by atoms with Crippen LogP contribution in [0.3, 0.4) is 0 Å². The maximum Gasteiger partial charge on any atom is 0.238 e. The van der Waals surface area contributed by atoms with Crippen molar-refractivity contribution in [1.29, 1.82) is 0 Å². The molecule has 0 spiro atoms. The van der Waals surface area contributed by atoms with Gasteiger partial charge in [-0.05, 0) is 55.0 Å². The van der Waals surface area contributed by atoms with Crippen molar-refractivity contribution in [1.82, 2.24) is 0 Å². The van der Waals surface area contributed by atoms with Gasteiger partial charge in [0.25, 0.3) is 0 Å². The third kappa shape index (κ3) is 3.74. The smallest absolute Gasteiger partial charge is 0.238 e. The predicted octanol–water partition coefficient (Wildman–Crippen LogP) is 5.01. The second-order valence-corrected chi connectivity index (χ2v) is 11.8. The number of aromatic hydroxyl groups is 1. The molecule has 0 aromatic heterocycles. The first-order valence-corrected chi connectivity index (χ1v) is 14.1. The lowest BCUT2D eigenvalue weighted by atomic mass is 9.47. The number of benzene rings is 2. The van der Waals surface area contributed by atoms with E-state index in [0.717, 1.165) is 11.1 Å². The lowest BCUT2D eigenvalue weighted by Gasteiger charge is -2.54. The van der Waals surface area contributed by atoms with Crippen LogP contribution in [0.15, 0.2) is 66.3 Å². The number of anilines is 1. The summed E-state index contributed by atoms with van der Waals surface area (Å²) in [5, 5.41) is 10.4. The number of ether oxygens (including phenoxy) is 2. The van der Waals surface area contributed by atoms with Crippen LogP contribution in [0.1, 0.15) is 43.7 Å². The first-order chi connectivity index (χ1) is 20.1. The zero-order valence-corrected chi connectivity index (χ0v) is 24.0. The monoisotopic (exact) mass is 567 g/mol. The highest BCUT2D eigenvalue weighted by Gasteiger charge is 2.64. The molecule has 0 bridgehead atoms. The minimum Gasteiger partial charge on any atom is -0.508 e. The number of hydrogen-bond acceptors (Lipinski definition) is 7. The van der Waals surface area contributed by atoms with Gasteiger partial charge in [0.05, 0.1) is 37.2 Å². The number of allylic oxidation sites excluding steroid dienone is 4. The molecule has 0 radical (unpaired) electrons. The van der Waals surface area contributed by atoms with Gasteiger partial charge in [0.1, 0.15) is 17.2 Å². The molecule has 2 aromatic carbocycles. The van der Waals surface area contributed by atoms with E-state index in [1.165, 1.54) is 37.3 Å². The molecule has 3 aliphatic carbocycles. The van der Waals surface area contributed by atoms with Gasteiger partial charge in [0, 0.05) is 29.5 Å². The van der Waals surface area contributed by atoms with Crippen LogP contribution in [0, 0.1) is 29.1 Å². The fraction of sp³-hybridized carbons (Fsp3) is 0.353. The molecule has 0 unspecified atom stereocenters. The summed E-state index contributed by atoms with van der Waals surface area (Å²) < 4.78 is 11.4. The SMILES string of the molecule is C=Cc1ccc(N2C(=O)[C@H]3[C@H](CC=C4[C@H]3C[C@H]3C(=O)C=C(C)C(=O)[C@@]3(C)[C@H]4c3c(OC)cc(O)cc3OC)C2=O)cc1. The van der Waals surface area contributed by atoms with Crippen LogP contribution in [0.25, 0.3) is 6.08 Å². The van der Waals surface area contributed by atoms with Gasteiger partial charge in [-0.15, -0.1) is 0 Å². The Hall–Kier alpha value is -4.46. The number of nitrogens with zero attached hydrogens (tertiary/aromatic N) is 1. The van der Waals surface area contributed by atoms with Crippen LogP contribution in [0.2, 0.25) is 0 Å². The Balaban J connectivity index is 1.54. The van der Waals surface area contributed by atoms with Crippen molar-refractivity contribution < 1.29 is 33.8 Å². The zero-order chi connectivity index (χ0) is 30.1. The largest absolute Gasteiger partial charge is 0.508 e. The van der Waals surface area contributed by atoms with Gasteiger partial charge in [-0.3, -0.25) is 24.1 Å². The molecule has 216 valence electrons. The molecule has 4 aliphatic rings. The van der Waals surface area contributed by atoms with E-state index in [2.05, 4.69) is 6.58 Å². The van der Waals surface area contributed by atoms with Crippen LogP contribution in [-0.2, 0) is 19.2 Å². The van der Waals surface area contributed by atoms with E-state index in [1.807, 2.05) is 13.0 Å². The number of Topliss-reactive ketones (excluding diaryl/α,β-unsaturated/α-hetero) is 1. The number of carbonyl (C=O) groups is 4. The maximum atomic E-state index is 14.1. The number of phenolic OH excluding ortho intramolecular Hbond substituents is 1. The highest BCUT2D eigenvalue weighted by molar-refractivity contribution is 6.22. The van der Waals surface area contributed by atoms with Crippen molar-refractivity contribution in [3.63, 3.8) is 0 Å². The molecule has 2 amide bonds. The summed E-state index contributed by atoms with van der Waals surface area (Å²) in [6.45, 7) is 7.22. The van der Waals surface area contributed by atoms with E-state index in [0.29, 0.717) is 34.7 Å². The van der Waals surface area contributed by atoms with Crippen molar-refractivity contribution in [2.45, 2.75) is 32.6 Å². The molecule has 1 aliphatic heterocycles. The van der Waals surface area contributed by atoms with E-state index in [9.17, 15) is 24.3 Å². The molecule has 2 aromatic rings. The van der Waals surface area contributed by atoms with Gasteiger partial charge in [-0.2, -0.15) is 0 Å². The number of amides is 2. The molecule has 2 fully saturated rings. The Labute approximate surface area is 244 Å². The summed E-state index contributed by atoms with van der Waals surface area (Å²) in [6, 6.07) is 10.0. The van der Waals surface area contributed by atoms with Crippen LogP contribution in [-0.4, -0.2) is 42.7 Å². The van der Waals surface area contributed by atoms with E-state index < -0.39 is 35.0 Å². The van der Waals surface area contributed by atoms with Crippen LogP contribution in [0.5, 0.6) is 17.2 Å². The van der Waals surface area contributed by atoms with Crippen molar-refractivity contribution in [3.8, 4) is 17.2 Å². The third-order valence-corrected chi connectivity index (χ3v) is 9.85. The van der Waals surface area contributed by atoms with Gasteiger partial charge in [0.15, 0.2) is 11.6 Å². The minimum atomic E-state index is -1.20. The summed E-state index contributed by atoms with van der Waals surface area (Å²) in [5.41, 5.74) is 1.88. The van der Waals surface area contributed by atoms with Crippen molar-refractivity contribution in [3.05, 3.63) is 77.4 Å². The van der Waals surface area contributed by atoms with E-state index in [-0.39, 0.29) is 35.6 Å². The average Bonchev–Trinajstić information content (AvgIpc) is 3.24. The average molecular weight is 568 g/mol. The van der Waals surface area contributed by atoms with Crippen LogP contribution in [0.4, 0.5) is 5.69 Å². The second-order valence-electron chi connectivity index (χ2n) is 11.8. The molecule has 42 heavy (non-hydrogen) atoms. The molecular formula is C34H33NO7. The normalized spacial score (nSPS) is 30.2. The van der Waals surface area contributed by atoms with E-state index in [1.54, 1.807) is 37.3 Å². The molecule has 1 saturated heterocycles. The molecule has 1 saturated carbocycles. The first-order valence-electron chi connectivity index (χ1n) is 14.1. The highest BCUT2D eigenvalue weighted by Crippen LogP contribution is 2.64. The van der Waals surface area contributed by atoms with Crippen molar-refractivity contribution in [2.75, 3.05) is 19.1 Å².